The molecular formula is C12H14N2O3. The monoisotopic (exact) mass is 234 g/mol. The Morgan fingerprint density at radius 3 is 2.71 bits per heavy atom. The van der Waals surface area contributed by atoms with Gasteiger partial charge in [0.15, 0.2) is 5.65 Å². The smallest absolute Gasteiger partial charge is 0.372 e. The number of hydrogen-bond donors (Lipinski definition) is 0. The zero-order valence-corrected chi connectivity index (χ0v) is 10.1. The summed E-state index contributed by atoms with van der Waals surface area (Å²) in [5.41, 5.74) is -0.360. The van der Waals surface area contributed by atoms with Crippen LogP contribution in [-0.2, 0) is 6.54 Å². The van der Waals surface area contributed by atoms with Gasteiger partial charge in [-0.15, -0.1) is 0 Å². The molecule has 90 valence electrons. The second-order valence-corrected chi connectivity index (χ2v) is 5.18. The van der Waals surface area contributed by atoms with Crippen LogP contribution in [0.2, 0.25) is 0 Å². The van der Waals surface area contributed by atoms with Gasteiger partial charge in [-0.3, -0.25) is 4.57 Å². The quantitative estimate of drug-likeness (QED) is 0.748. The SMILES string of the molecule is CC(C)(C)Cn1c(=O)oc(=O)c2cccnc21. The molecule has 5 heteroatoms. The summed E-state index contributed by atoms with van der Waals surface area (Å²) in [4.78, 5) is 27.3. The lowest BCUT2D eigenvalue weighted by molar-refractivity contribution is 0.310. The molecule has 0 saturated carbocycles. The summed E-state index contributed by atoms with van der Waals surface area (Å²) >= 11 is 0. The molecule has 0 aromatic carbocycles. The molecule has 0 aliphatic rings. The van der Waals surface area contributed by atoms with Gasteiger partial charge in [0.1, 0.15) is 5.39 Å². The Hall–Kier alpha value is -1.91. The molecular weight excluding hydrogens is 220 g/mol. The molecule has 0 fully saturated rings. The standard InChI is InChI=1S/C12H14N2O3/c1-12(2,3)7-14-9-8(5-4-6-13-9)10(15)17-11(14)16/h4-6H,7H2,1-3H3. The molecule has 0 saturated heterocycles. The first-order valence-corrected chi connectivity index (χ1v) is 5.37. The third-order valence-electron chi connectivity index (χ3n) is 2.30. The van der Waals surface area contributed by atoms with Crippen LogP contribution in [0.25, 0.3) is 11.0 Å². The second kappa shape index (κ2) is 3.84. The molecule has 0 N–H and O–H groups in total. The van der Waals surface area contributed by atoms with Gasteiger partial charge < -0.3 is 4.42 Å². The Labute approximate surface area is 97.7 Å². The van der Waals surface area contributed by atoms with Gasteiger partial charge in [0.2, 0.25) is 0 Å². The molecule has 0 spiro atoms. The van der Waals surface area contributed by atoms with Gasteiger partial charge in [0, 0.05) is 12.7 Å². The van der Waals surface area contributed by atoms with Crippen LogP contribution in [0, 0.1) is 5.41 Å². The van der Waals surface area contributed by atoms with Crippen molar-refractivity contribution < 1.29 is 4.42 Å². The van der Waals surface area contributed by atoms with Gasteiger partial charge in [-0.25, -0.2) is 14.6 Å². The van der Waals surface area contributed by atoms with E-state index in [9.17, 15) is 9.59 Å². The maximum absolute atomic E-state index is 11.7. The summed E-state index contributed by atoms with van der Waals surface area (Å²) in [6.07, 6.45) is 1.56. The average Bonchev–Trinajstić information content (AvgIpc) is 2.23. The molecule has 0 atom stereocenters. The lowest BCUT2D eigenvalue weighted by atomic mass is 9.97. The van der Waals surface area contributed by atoms with E-state index in [2.05, 4.69) is 9.40 Å². The number of aromatic nitrogens is 2. The van der Waals surface area contributed by atoms with Crippen molar-refractivity contribution in [1.82, 2.24) is 9.55 Å². The van der Waals surface area contributed by atoms with Crippen LogP contribution in [0.5, 0.6) is 0 Å². The summed E-state index contributed by atoms with van der Waals surface area (Å²) < 4.78 is 6.08. The molecule has 5 nitrogen and oxygen atoms in total. The van der Waals surface area contributed by atoms with Crippen molar-refractivity contribution in [2.45, 2.75) is 27.3 Å². The lowest BCUT2D eigenvalue weighted by Crippen LogP contribution is -2.30. The summed E-state index contributed by atoms with van der Waals surface area (Å²) in [5, 5.41) is 0.330. The highest BCUT2D eigenvalue weighted by Crippen LogP contribution is 2.16. The molecule has 2 heterocycles. The second-order valence-electron chi connectivity index (χ2n) is 5.18. The summed E-state index contributed by atoms with van der Waals surface area (Å²) in [5.74, 6) is -0.656. The largest absolute Gasteiger partial charge is 0.423 e. The van der Waals surface area contributed by atoms with Crippen molar-refractivity contribution in [3.05, 3.63) is 39.3 Å². The van der Waals surface area contributed by atoms with E-state index in [1.54, 1.807) is 18.3 Å². The van der Waals surface area contributed by atoms with Crippen LogP contribution >= 0.6 is 0 Å². The van der Waals surface area contributed by atoms with Crippen molar-refractivity contribution in [2.24, 2.45) is 5.41 Å². The first-order valence-electron chi connectivity index (χ1n) is 5.37. The van der Waals surface area contributed by atoms with E-state index in [0.717, 1.165) is 0 Å². The van der Waals surface area contributed by atoms with Crippen LogP contribution in [-0.4, -0.2) is 9.55 Å². The van der Waals surface area contributed by atoms with Crippen LogP contribution < -0.4 is 11.4 Å². The molecule has 17 heavy (non-hydrogen) atoms. The number of rotatable bonds is 1. The van der Waals surface area contributed by atoms with Crippen molar-refractivity contribution in [3.8, 4) is 0 Å². The first-order chi connectivity index (χ1) is 7.88. The topological polar surface area (TPSA) is 65.1 Å². The predicted molar refractivity (Wildman–Crippen MR) is 64.0 cm³/mol. The Bertz CT molecular complexity index is 662. The van der Waals surface area contributed by atoms with Gasteiger partial charge in [0.25, 0.3) is 0 Å². The molecule has 0 amide bonds. The van der Waals surface area contributed by atoms with Crippen molar-refractivity contribution >= 4 is 11.0 Å². The molecule has 2 rings (SSSR count). The lowest BCUT2D eigenvalue weighted by Gasteiger charge is -2.19. The highest BCUT2D eigenvalue weighted by molar-refractivity contribution is 5.72. The zero-order chi connectivity index (χ0) is 12.6. The van der Waals surface area contributed by atoms with Gasteiger partial charge in [-0.05, 0) is 17.5 Å². The zero-order valence-electron chi connectivity index (χ0n) is 10.1. The highest BCUT2D eigenvalue weighted by Gasteiger charge is 2.17. The summed E-state index contributed by atoms with van der Waals surface area (Å²) in [7, 11) is 0. The third kappa shape index (κ3) is 2.27. The van der Waals surface area contributed by atoms with Crippen LogP contribution in [0.4, 0.5) is 0 Å². The fraction of sp³-hybridized carbons (Fsp3) is 0.417. The molecule has 2 aromatic heterocycles. The molecule has 0 aliphatic heterocycles. The highest BCUT2D eigenvalue weighted by atomic mass is 16.4. The number of pyridine rings is 1. The van der Waals surface area contributed by atoms with Crippen molar-refractivity contribution in [3.63, 3.8) is 0 Å². The number of hydrogen-bond acceptors (Lipinski definition) is 4. The van der Waals surface area contributed by atoms with E-state index in [4.69, 9.17) is 0 Å². The summed E-state index contributed by atoms with van der Waals surface area (Å²) in [6, 6.07) is 3.25. The molecule has 0 radical (unpaired) electrons. The van der Waals surface area contributed by atoms with Crippen LogP contribution in [0.15, 0.2) is 32.3 Å². The first kappa shape index (κ1) is 11.6. The van der Waals surface area contributed by atoms with E-state index in [1.165, 1.54) is 4.57 Å². The minimum Gasteiger partial charge on any atom is -0.372 e. The molecule has 2 aromatic rings. The van der Waals surface area contributed by atoms with E-state index in [1.807, 2.05) is 20.8 Å². The number of nitrogens with zero attached hydrogens (tertiary/aromatic N) is 2. The van der Waals surface area contributed by atoms with Crippen LogP contribution in [0.1, 0.15) is 20.8 Å². The van der Waals surface area contributed by atoms with Gasteiger partial charge in [0.05, 0.1) is 0 Å². The minimum absolute atomic E-state index is 0.103. The van der Waals surface area contributed by atoms with Gasteiger partial charge in [-0.2, -0.15) is 0 Å². The van der Waals surface area contributed by atoms with E-state index >= 15 is 0 Å². The third-order valence-corrected chi connectivity index (χ3v) is 2.30. The van der Waals surface area contributed by atoms with Crippen molar-refractivity contribution in [2.75, 3.05) is 0 Å². The Morgan fingerprint density at radius 1 is 1.35 bits per heavy atom. The van der Waals surface area contributed by atoms with Crippen molar-refractivity contribution in [1.29, 1.82) is 0 Å². The van der Waals surface area contributed by atoms with Gasteiger partial charge in [-0.1, -0.05) is 20.8 Å². The van der Waals surface area contributed by atoms with Crippen LogP contribution in [0.3, 0.4) is 0 Å². The molecule has 0 aliphatic carbocycles. The fourth-order valence-corrected chi connectivity index (χ4v) is 1.66. The van der Waals surface area contributed by atoms with E-state index in [0.29, 0.717) is 17.6 Å². The molecule has 0 unspecified atom stereocenters. The van der Waals surface area contributed by atoms with Gasteiger partial charge >= 0.3 is 11.4 Å². The maximum atomic E-state index is 11.7. The average molecular weight is 234 g/mol. The minimum atomic E-state index is -0.656. The maximum Gasteiger partial charge on any atom is 0.423 e. The van der Waals surface area contributed by atoms with E-state index in [-0.39, 0.29) is 5.41 Å². The summed E-state index contributed by atoms with van der Waals surface area (Å²) in [6.45, 7) is 6.45. The van der Waals surface area contributed by atoms with E-state index < -0.39 is 11.4 Å². The Balaban J connectivity index is 2.79. The molecule has 0 bridgehead atoms. The normalized spacial score (nSPS) is 11.9. The Morgan fingerprint density at radius 2 is 2.06 bits per heavy atom. The predicted octanol–water partition coefficient (Wildman–Crippen LogP) is 1.40. The fourth-order valence-electron chi connectivity index (χ4n) is 1.66. The Kier molecular flexibility index (Phi) is 2.61. The number of fused-ring (bicyclic) bond motifs is 1.